The molecule has 0 radical (unpaired) electrons. The number of carbonyl (C=O) groups is 2. The average molecular weight is 472 g/mol. The first-order chi connectivity index (χ1) is 17.1. The van der Waals surface area contributed by atoms with Crippen molar-refractivity contribution in [3.63, 3.8) is 0 Å². The van der Waals surface area contributed by atoms with Crippen LogP contribution >= 0.6 is 0 Å². The van der Waals surface area contributed by atoms with Gasteiger partial charge in [-0.1, -0.05) is 36.4 Å². The Bertz CT molecular complexity index is 1380. The number of ether oxygens (including phenoxy) is 3. The van der Waals surface area contributed by atoms with Crippen LogP contribution in [0.1, 0.15) is 11.1 Å². The largest absolute Gasteiger partial charge is 0.454 e. The SMILES string of the molecule is O=C(NCc1ccc2c(c1)OCO2)[C@@H]1[C@@H]2C=C[C@@]3(CN(CCc4c[nH]c5ccccc45)C(=O)[C@H]13)O2. The number of aromatic amines is 1. The lowest BCUT2D eigenvalue weighted by Crippen LogP contribution is -2.44. The van der Waals surface area contributed by atoms with Gasteiger partial charge >= 0.3 is 0 Å². The Kier molecular flexibility index (Phi) is 4.48. The Balaban J connectivity index is 1.05. The maximum absolute atomic E-state index is 13.5. The van der Waals surface area contributed by atoms with E-state index in [4.69, 9.17) is 14.2 Å². The number of nitrogens with one attached hydrogen (secondary N) is 2. The number of aromatic nitrogens is 1. The van der Waals surface area contributed by atoms with E-state index in [1.807, 2.05) is 59.6 Å². The van der Waals surface area contributed by atoms with Gasteiger partial charge < -0.3 is 29.4 Å². The number of benzene rings is 2. The fourth-order valence-corrected chi connectivity index (χ4v) is 6.02. The summed E-state index contributed by atoms with van der Waals surface area (Å²) in [7, 11) is 0. The highest BCUT2D eigenvalue weighted by molar-refractivity contribution is 5.93. The molecular weight excluding hydrogens is 446 g/mol. The van der Waals surface area contributed by atoms with Crippen LogP contribution in [-0.4, -0.2) is 53.3 Å². The van der Waals surface area contributed by atoms with Crippen molar-refractivity contribution in [1.29, 1.82) is 0 Å². The Morgan fingerprint density at radius 2 is 2.06 bits per heavy atom. The molecule has 0 unspecified atom stereocenters. The minimum Gasteiger partial charge on any atom is -0.454 e. The number of fused-ring (bicyclic) bond motifs is 3. The summed E-state index contributed by atoms with van der Waals surface area (Å²) in [4.78, 5) is 31.9. The van der Waals surface area contributed by atoms with Gasteiger partial charge in [-0.3, -0.25) is 9.59 Å². The molecule has 5 heterocycles. The van der Waals surface area contributed by atoms with Gasteiger partial charge in [0.15, 0.2) is 11.5 Å². The monoisotopic (exact) mass is 471 g/mol. The fraction of sp³-hybridized carbons (Fsp3) is 0.333. The number of hydrogen-bond donors (Lipinski definition) is 2. The van der Waals surface area contributed by atoms with E-state index in [0.717, 1.165) is 17.5 Å². The summed E-state index contributed by atoms with van der Waals surface area (Å²) in [6, 6.07) is 13.8. The van der Waals surface area contributed by atoms with E-state index in [0.29, 0.717) is 31.1 Å². The Hall–Kier alpha value is -3.78. The molecule has 0 saturated carbocycles. The van der Waals surface area contributed by atoms with Gasteiger partial charge in [0.2, 0.25) is 18.6 Å². The van der Waals surface area contributed by atoms with Crippen molar-refractivity contribution < 1.29 is 23.8 Å². The second-order valence-corrected chi connectivity index (χ2v) is 9.67. The molecule has 8 heteroatoms. The van der Waals surface area contributed by atoms with Crippen molar-refractivity contribution in [2.24, 2.45) is 11.8 Å². The van der Waals surface area contributed by atoms with E-state index in [1.165, 1.54) is 10.9 Å². The standard InChI is InChI=1S/C27H25N3O5/c31-25(29-12-16-5-6-20-22(11-16)34-15-33-20)23-21-7-9-27(35-21)14-30(26(32)24(23)27)10-8-17-13-28-19-4-2-1-3-18(17)19/h1-7,9,11,13,21,23-24,28H,8,10,12,14-15H2,(H,29,31)/t21-,23+,24-,27-/m0/s1. The first-order valence-corrected chi connectivity index (χ1v) is 12.0. The van der Waals surface area contributed by atoms with Gasteiger partial charge in [0.1, 0.15) is 5.60 Å². The van der Waals surface area contributed by atoms with Crippen LogP contribution in [0.3, 0.4) is 0 Å². The predicted molar refractivity (Wildman–Crippen MR) is 127 cm³/mol. The summed E-state index contributed by atoms with van der Waals surface area (Å²) in [6.45, 7) is 1.63. The molecule has 2 amide bonds. The minimum atomic E-state index is -0.706. The van der Waals surface area contributed by atoms with E-state index >= 15 is 0 Å². The first-order valence-electron chi connectivity index (χ1n) is 12.0. The van der Waals surface area contributed by atoms with Crippen LogP contribution in [0.5, 0.6) is 11.5 Å². The van der Waals surface area contributed by atoms with E-state index in [1.54, 1.807) is 0 Å². The Labute approximate surface area is 201 Å². The van der Waals surface area contributed by atoms with Crippen LogP contribution in [0.25, 0.3) is 10.9 Å². The highest BCUT2D eigenvalue weighted by Gasteiger charge is 2.66. The van der Waals surface area contributed by atoms with Crippen molar-refractivity contribution in [2.45, 2.75) is 24.7 Å². The van der Waals surface area contributed by atoms with Gasteiger partial charge in [-0.2, -0.15) is 0 Å². The summed E-state index contributed by atoms with van der Waals surface area (Å²) in [6.07, 6.45) is 6.33. The van der Waals surface area contributed by atoms with E-state index in [2.05, 4.69) is 16.4 Å². The molecule has 2 N–H and O–H groups in total. The molecule has 4 atom stereocenters. The lowest BCUT2D eigenvalue weighted by atomic mass is 9.77. The second kappa shape index (κ2) is 7.61. The average Bonchev–Trinajstić information content (AvgIpc) is 3.68. The zero-order valence-corrected chi connectivity index (χ0v) is 19.0. The van der Waals surface area contributed by atoms with Crippen LogP contribution in [-0.2, 0) is 27.3 Å². The van der Waals surface area contributed by atoms with Gasteiger partial charge in [0.25, 0.3) is 0 Å². The molecule has 7 rings (SSSR count). The van der Waals surface area contributed by atoms with Crippen LogP contribution in [0.4, 0.5) is 0 Å². The van der Waals surface area contributed by atoms with E-state index in [-0.39, 0.29) is 24.7 Å². The lowest BCUT2D eigenvalue weighted by molar-refractivity contribution is -0.137. The van der Waals surface area contributed by atoms with Crippen molar-refractivity contribution in [1.82, 2.24) is 15.2 Å². The number of nitrogens with zero attached hydrogens (tertiary/aromatic N) is 1. The normalized spacial score (nSPS) is 27.7. The maximum atomic E-state index is 13.5. The Morgan fingerprint density at radius 3 is 3.00 bits per heavy atom. The molecule has 178 valence electrons. The molecule has 2 fully saturated rings. The lowest BCUT2D eigenvalue weighted by Gasteiger charge is -2.23. The van der Waals surface area contributed by atoms with Crippen molar-refractivity contribution in [2.75, 3.05) is 19.9 Å². The summed E-state index contributed by atoms with van der Waals surface area (Å²) < 4.78 is 17.0. The number of amides is 2. The molecule has 1 aromatic heterocycles. The number of para-hydroxylation sites is 1. The smallest absolute Gasteiger partial charge is 0.231 e. The molecule has 35 heavy (non-hydrogen) atoms. The Morgan fingerprint density at radius 1 is 1.17 bits per heavy atom. The maximum Gasteiger partial charge on any atom is 0.231 e. The van der Waals surface area contributed by atoms with Crippen LogP contribution in [0.15, 0.2) is 60.8 Å². The fourth-order valence-electron chi connectivity index (χ4n) is 6.02. The van der Waals surface area contributed by atoms with Crippen molar-refractivity contribution in [3.8, 4) is 11.5 Å². The van der Waals surface area contributed by atoms with Crippen LogP contribution in [0, 0.1) is 11.8 Å². The molecular formula is C27H25N3O5. The number of carbonyl (C=O) groups excluding carboxylic acids is 2. The zero-order chi connectivity index (χ0) is 23.6. The molecule has 2 aromatic carbocycles. The molecule has 1 spiro atoms. The third-order valence-electron chi connectivity index (χ3n) is 7.71. The van der Waals surface area contributed by atoms with Crippen LogP contribution in [0.2, 0.25) is 0 Å². The number of likely N-dealkylation sites (tertiary alicyclic amines) is 1. The van der Waals surface area contributed by atoms with Crippen molar-refractivity contribution in [3.05, 3.63) is 71.9 Å². The highest BCUT2D eigenvalue weighted by atomic mass is 16.7. The molecule has 2 bridgehead atoms. The topological polar surface area (TPSA) is 92.9 Å². The first kappa shape index (κ1) is 20.6. The van der Waals surface area contributed by atoms with Gasteiger partial charge in [-0.15, -0.1) is 0 Å². The summed E-state index contributed by atoms with van der Waals surface area (Å²) in [5.41, 5.74) is 2.48. The number of H-pyrrole nitrogens is 1. The van der Waals surface area contributed by atoms with Crippen LogP contribution < -0.4 is 14.8 Å². The zero-order valence-electron chi connectivity index (χ0n) is 19.0. The molecule has 8 nitrogen and oxygen atoms in total. The molecule has 4 aliphatic heterocycles. The van der Waals surface area contributed by atoms with Gasteiger partial charge in [-0.05, 0) is 35.7 Å². The summed E-state index contributed by atoms with van der Waals surface area (Å²) >= 11 is 0. The van der Waals surface area contributed by atoms with Crippen molar-refractivity contribution >= 4 is 22.7 Å². The second-order valence-electron chi connectivity index (χ2n) is 9.67. The minimum absolute atomic E-state index is 0.0000733. The summed E-state index contributed by atoms with van der Waals surface area (Å²) in [5, 5.41) is 4.19. The quantitative estimate of drug-likeness (QED) is 0.539. The number of rotatable bonds is 6. The van der Waals surface area contributed by atoms with Gasteiger partial charge in [0, 0.05) is 30.2 Å². The number of hydrogen-bond acceptors (Lipinski definition) is 5. The third kappa shape index (κ3) is 3.16. The van der Waals surface area contributed by atoms with Gasteiger partial charge in [-0.25, -0.2) is 0 Å². The molecule has 0 aliphatic carbocycles. The predicted octanol–water partition coefficient (Wildman–Crippen LogP) is 2.54. The third-order valence-corrected chi connectivity index (χ3v) is 7.71. The van der Waals surface area contributed by atoms with E-state index in [9.17, 15) is 9.59 Å². The molecule has 2 saturated heterocycles. The van der Waals surface area contributed by atoms with E-state index < -0.39 is 17.4 Å². The highest BCUT2D eigenvalue weighted by Crippen LogP contribution is 2.52. The summed E-state index contributed by atoms with van der Waals surface area (Å²) in [5.74, 6) is 0.212. The molecule has 3 aromatic rings. The molecule has 4 aliphatic rings. The van der Waals surface area contributed by atoms with Gasteiger partial charge in [0.05, 0.1) is 24.5 Å².